The number of carbonyl (C=O) groups is 1. The van der Waals surface area contributed by atoms with Crippen LogP contribution in [0, 0.1) is 0 Å². The average Bonchev–Trinajstić information content (AvgIpc) is 2.36. The first kappa shape index (κ1) is 17.4. The van der Waals surface area contributed by atoms with Gasteiger partial charge in [0.2, 0.25) is 0 Å². The maximum Gasteiger partial charge on any atom is 0.387 e. The van der Waals surface area contributed by atoms with E-state index in [4.69, 9.17) is 5.11 Å². The Labute approximate surface area is 123 Å². The Morgan fingerprint density at radius 2 is 2.00 bits per heavy atom. The van der Waals surface area contributed by atoms with E-state index in [2.05, 4.69) is 10.1 Å². The number of aliphatic carboxylic acids is 1. The molecule has 0 saturated heterocycles. The Hall–Kier alpha value is -1.69. The molecule has 0 amide bonds. The van der Waals surface area contributed by atoms with Crippen LogP contribution in [0.2, 0.25) is 0 Å². The highest BCUT2D eigenvalue weighted by atomic mass is 19.3. The lowest BCUT2D eigenvalue weighted by atomic mass is 9.90. The Morgan fingerprint density at radius 3 is 2.48 bits per heavy atom. The number of hydrogen-bond acceptors (Lipinski definition) is 3. The number of halogens is 2. The minimum atomic E-state index is -2.83. The smallest absolute Gasteiger partial charge is 0.387 e. The molecule has 118 valence electrons. The van der Waals surface area contributed by atoms with Crippen LogP contribution < -0.4 is 10.1 Å². The van der Waals surface area contributed by atoms with Crippen molar-refractivity contribution in [1.29, 1.82) is 0 Å². The molecular weight excluding hydrogens is 280 g/mol. The van der Waals surface area contributed by atoms with Crippen molar-refractivity contribution in [2.75, 3.05) is 6.54 Å². The number of ether oxygens (including phenoxy) is 1. The van der Waals surface area contributed by atoms with E-state index >= 15 is 0 Å². The average molecular weight is 301 g/mol. The number of alkyl halides is 2. The third-order valence-electron chi connectivity index (χ3n) is 3.26. The van der Waals surface area contributed by atoms with Crippen molar-refractivity contribution in [2.45, 2.75) is 45.3 Å². The molecule has 1 unspecified atom stereocenters. The van der Waals surface area contributed by atoms with Gasteiger partial charge < -0.3 is 15.2 Å². The predicted molar refractivity (Wildman–Crippen MR) is 75.7 cm³/mol. The summed E-state index contributed by atoms with van der Waals surface area (Å²) in [4.78, 5) is 10.9. The van der Waals surface area contributed by atoms with Gasteiger partial charge in [-0.25, -0.2) is 0 Å². The second-order valence-corrected chi connectivity index (χ2v) is 5.18. The Balaban J connectivity index is 2.61. The van der Waals surface area contributed by atoms with Crippen molar-refractivity contribution in [1.82, 2.24) is 5.32 Å². The molecule has 6 heteroatoms. The molecule has 0 saturated carbocycles. The van der Waals surface area contributed by atoms with E-state index in [1.165, 1.54) is 12.1 Å². The molecule has 0 aliphatic carbocycles. The van der Waals surface area contributed by atoms with Gasteiger partial charge in [0.05, 0.1) is 6.42 Å². The Bertz CT molecular complexity index is 451. The summed E-state index contributed by atoms with van der Waals surface area (Å²) >= 11 is 0. The molecule has 2 N–H and O–H groups in total. The second-order valence-electron chi connectivity index (χ2n) is 5.18. The predicted octanol–water partition coefficient (Wildman–Crippen LogP) is 3.06. The molecule has 1 rings (SSSR count). The van der Waals surface area contributed by atoms with Crippen LogP contribution >= 0.6 is 0 Å². The van der Waals surface area contributed by atoms with Gasteiger partial charge >= 0.3 is 12.6 Å². The lowest BCUT2D eigenvalue weighted by Crippen LogP contribution is -2.44. The fraction of sp³-hybridized carbons (Fsp3) is 0.533. The Kier molecular flexibility index (Phi) is 6.55. The summed E-state index contributed by atoms with van der Waals surface area (Å²) < 4.78 is 28.4. The minimum Gasteiger partial charge on any atom is -0.481 e. The van der Waals surface area contributed by atoms with Gasteiger partial charge in [-0.05, 0) is 44.0 Å². The molecule has 21 heavy (non-hydrogen) atoms. The van der Waals surface area contributed by atoms with Gasteiger partial charge in [-0.1, -0.05) is 19.1 Å². The highest BCUT2D eigenvalue weighted by Gasteiger charge is 2.25. The van der Waals surface area contributed by atoms with E-state index in [0.29, 0.717) is 19.4 Å². The molecule has 0 aliphatic rings. The van der Waals surface area contributed by atoms with E-state index in [1.807, 2.05) is 13.8 Å². The van der Waals surface area contributed by atoms with Crippen molar-refractivity contribution in [2.24, 2.45) is 0 Å². The van der Waals surface area contributed by atoms with E-state index < -0.39 is 18.1 Å². The first-order valence-electron chi connectivity index (χ1n) is 6.85. The van der Waals surface area contributed by atoms with Gasteiger partial charge in [0.1, 0.15) is 5.75 Å². The summed E-state index contributed by atoms with van der Waals surface area (Å²) in [6.45, 7) is 1.66. The van der Waals surface area contributed by atoms with Gasteiger partial charge in [0.25, 0.3) is 0 Å². The van der Waals surface area contributed by atoms with Crippen molar-refractivity contribution in [3.63, 3.8) is 0 Å². The maximum atomic E-state index is 12.0. The third-order valence-corrected chi connectivity index (χ3v) is 3.26. The monoisotopic (exact) mass is 301 g/mol. The molecule has 0 fully saturated rings. The van der Waals surface area contributed by atoms with Crippen LogP contribution in [-0.2, 0) is 11.2 Å². The number of aryl methyl sites for hydroxylation is 1. The zero-order chi connectivity index (χ0) is 15.9. The minimum absolute atomic E-state index is 0.0351. The fourth-order valence-corrected chi connectivity index (χ4v) is 2.26. The van der Waals surface area contributed by atoms with E-state index in [9.17, 15) is 13.6 Å². The number of hydrogen-bond donors (Lipinski definition) is 2. The lowest BCUT2D eigenvalue weighted by Gasteiger charge is -2.29. The first-order valence-corrected chi connectivity index (χ1v) is 6.85. The van der Waals surface area contributed by atoms with Crippen molar-refractivity contribution in [3.8, 4) is 5.75 Å². The zero-order valence-electron chi connectivity index (χ0n) is 12.2. The molecule has 0 aromatic heterocycles. The summed E-state index contributed by atoms with van der Waals surface area (Å²) in [7, 11) is 0. The SMILES string of the molecule is CCNC(C)(CCc1ccc(OC(F)F)cc1)CC(=O)O. The molecule has 4 nitrogen and oxygen atoms in total. The second kappa shape index (κ2) is 7.93. The van der Waals surface area contributed by atoms with Gasteiger partial charge in [0.15, 0.2) is 0 Å². The topological polar surface area (TPSA) is 58.6 Å². The third kappa shape index (κ3) is 6.53. The molecule has 0 heterocycles. The molecule has 1 atom stereocenters. The van der Waals surface area contributed by atoms with Crippen molar-refractivity contribution >= 4 is 5.97 Å². The van der Waals surface area contributed by atoms with Crippen LogP contribution in [0.4, 0.5) is 8.78 Å². The molecule has 0 spiro atoms. The summed E-state index contributed by atoms with van der Waals surface area (Å²) in [6, 6.07) is 6.41. The molecule has 1 aromatic carbocycles. The molecule has 0 aliphatic heterocycles. The molecule has 0 bridgehead atoms. The molecule has 0 radical (unpaired) electrons. The number of benzene rings is 1. The van der Waals surface area contributed by atoms with E-state index in [1.54, 1.807) is 12.1 Å². The highest BCUT2D eigenvalue weighted by molar-refractivity contribution is 5.68. The standard InChI is InChI=1S/C15H21F2NO3/c1-3-18-15(2,10-13(19)20)9-8-11-4-6-12(7-5-11)21-14(16)17/h4-7,14,18H,3,8-10H2,1-2H3,(H,19,20). The quantitative estimate of drug-likeness (QED) is 0.736. The molecule has 1 aromatic rings. The van der Waals surface area contributed by atoms with Gasteiger partial charge in [-0.2, -0.15) is 8.78 Å². The fourth-order valence-electron chi connectivity index (χ4n) is 2.26. The summed E-state index contributed by atoms with van der Waals surface area (Å²) in [5, 5.41) is 12.2. The van der Waals surface area contributed by atoms with Gasteiger partial charge in [-0.3, -0.25) is 4.79 Å². The highest BCUT2D eigenvalue weighted by Crippen LogP contribution is 2.20. The Morgan fingerprint density at radius 1 is 1.38 bits per heavy atom. The van der Waals surface area contributed by atoms with Crippen LogP contribution in [0.25, 0.3) is 0 Å². The van der Waals surface area contributed by atoms with Crippen molar-refractivity contribution in [3.05, 3.63) is 29.8 Å². The first-order chi connectivity index (χ1) is 9.84. The number of nitrogens with one attached hydrogen (secondary N) is 1. The van der Waals surface area contributed by atoms with Crippen LogP contribution in [0.3, 0.4) is 0 Å². The summed E-state index contributed by atoms with van der Waals surface area (Å²) in [6.07, 6.45) is 1.33. The van der Waals surface area contributed by atoms with E-state index in [0.717, 1.165) is 5.56 Å². The lowest BCUT2D eigenvalue weighted by molar-refractivity contribution is -0.138. The van der Waals surface area contributed by atoms with Crippen LogP contribution in [-0.4, -0.2) is 29.8 Å². The van der Waals surface area contributed by atoms with Gasteiger partial charge in [-0.15, -0.1) is 0 Å². The van der Waals surface area contributed by atoms with Crippen LogP contribution in [0.5, 0.6) is 5.75 Å². The van der Waals surface area contributed by atoms with E-state index in [-0.39, 0.29) is 12.2 Å². The number of carboxylic acids is 1. The number of rotatable bonds is 9. The van der Waals surface area contributed by atoms with Crippen LogP contribution in [0.15, 0.2) is 24.3 Å². The van der Waals surface area contributed by atoms with Crippen molar-refractivity contribution < 1.29 is 23.4 Å². The largest absolute Gasteiger partial charge is 0.481 e. The summed E-state index contributed by atoms with van der Waals surface area (Å²) in [5.74, 6) is -0.729. The molecular formula is C15H21F2NO3. The maximum absolute atomic E-state index is 12.0. The number of carboxylic acid groups (broad SMARTS) is 1. The zero-order valence-corrected chi connectivity index (χ0v) is 12.2. The normalized spacial score (nSPS) is 14.0. The van der Waals surface area contributed by atoms with Gasteiger partial charge in [0, 0.05) is 5.54 Å². The van der Waals surface area contributed by atoms with Crippen LogP contribution in [0.1, 0.15) is 32.3 Å². The summed E-state index contributed by atoms with van der Waals surface area (Å²) in [5.41, 5.74) is 0.463.